The second-order valence-corrected chi connectivity index (χ2v) is 5.79. The minimum atomic E-state index is -3.92. The molecule has 1 N–H and O–H groups in total. The van der Waals surface area contributed by atoms with Crippen LogP contribution < -0.4 is 14.2 Å². The van der Waals surface area contributed by atoms with Gasteiger partial charge in [-0.25, -0.2) is 8.42 Å². The van der Waals surface area contributed by atoms with Crippen LogP contribution in [0.4, 0.5) is 0 Å². The Balaban J connectivity index is 3.05. The largest absolute Gasteiger partial charge is 0.497 e. The van der Waals surface area contributed by atoms with Gasteiger partial charge in [-0.05, 0) is 26.0 Å². The van der Waals surface area contributed by atoms with Crippen LogP contribution in [-0.2, 0) is 19.6 Å². The molecular weight excluding hydrogens is 298 g/mol. The van der Waals surface area contributed by atoms with Crippen molar-refractivity contribution in [1.29, 1.82) is 0 Å². The quantitative estimate of drug-likeness (QED) is 0.752. The van der Waals surface area contributed by atoms with Crippen LogP contribution in [-0.4, -0.2) is 41.3 Å². The van der Waals surface area contributed by atoms with E-state index >= 15 is 0 Å². The molecule has 0 aliphatic heterocycles. The maximum Gasteiger partial charge on any atom is 0.323 e. The molecule has 8 heteroatoms. The van der Waals surface area contributed by atoms with Gasteiger partial charge < -0.3 is 14.2 Å². The molecule has 0 saturated heterocycles. The summed E-state index contributed by atoms with van der Waals surface area (Å²) in [6.07, 6.45) is 0. The number of carbonyl (C=O) groups excluding carboxylic acids is 1. The molecule has 0 spiro atoms. The van der Waals surface area contributed by atoms with Gasteiger partial charge in [-0.15, -0.1) is 0 Å². The molecule has 7 nitrogen and oxygen atoms in total. The monoisotopic (exact) mass is 317 g/mol. The molecule has 1 aromatic rings. The maximum atomic E-state index is 12.3. The topological polar surface area (TPSA) is 90.9 Å². The smallest absolute Gasteiger partial charge is 0.323 e. The Morgan fingerprint density at radius 3 is 2.48 bits per heavy atom. The highest BCUT2D eigenvalue weighted by atomic mass is 32.2. The molecular formula is C13H19NO6S. The van der Waals surface area contributed by atoms with Gasteiger partial charge in [0.15, 0.2) is 0 Å². The Bertz CT molecular complexity index is 599. The first-order chi connectivity index (χ1) is 9.85. The molecule has 21 heavy (non-hydrogen) atoms. The van der Waals surface area contributed by atoms with E-state index in [1.165, 1.54) is 39.3 Å². The summed E-state index contributed by atoms with van der Waals surface area (Å²) in [5.41, 5.74) is 0. The van der Waals surface area contributed by atoms with Gasteiger partial charge in [-0.1, -0.05) is 0 Å². The summed E-state index contributed by atoms with van der Waals surface area (Å²) < 4.78 is 41.6. The fourth-order valence-electron chi connectivity index (χ4n) is 1.61. The minimum absolute atomic E-state index is 0.0815. The van der Waals surface area contributed by atoms with E-state index in [1.54, 1.807) is 6.92 Å². The number of benzene rings is 1. The van der Waals surface area contributed by atoms with Crippen LogP contribution in [0, 0.1) is 0 Å². The van der Waals surface area contributed by atoms with E-state index in [0.717, 1.165) is 0 Å². The van der Waals surface area contributed by atoms with Crippen molar-refractivity contribution in [2.45, 2.75) is 24.8 Å². The fraction of sp³-hybridized carbons (Fsp3) is 0.462. The number of sulfonamides is 1. The second-order valence-electron chi connectivity index (χ2n) is 4.11. The molecule has 0 radical (unpaired) electrons. The Hall–Kier alpha value is -1.80. The lowest BCUT2D eigenvalue weighted by Gasteiger charge is -2.15. The maximum absolute atomic E-state index is 12.3. The van der Waals surface area contributed by atoms with Crippen molar-refractivity contribution in [3.63, 3.8) is 0 Å². The van der Waals surface area contributed by atoms with Crippen LogP contribution in [0.1, 0.15) is 13.8 Å². The molecule has 118 valence electrons. The Morgan fingerprint density at radius 1 is 1.29 bits per heavy atom. The SMILES string of the molecule is CCOC(=O)C(C)NS(=O)(=O)c1ccc(OC)cc1OC. The van der Waals surface area contributed by atoms with E-state index in [1.807, 2.05) is 0 Å². The third kappa shape index (κ3) is 4.33. The van der Waals surface area contributed by atoms with Crippen molar-refractivity contribution >= 4 is 16.0 Å². The third-order valence-electron chi connectivity index (χ3n) is 2.63. The van der Waals surface area contributed by atoms with Gasteiger partial charge in [0, 0.05) is 6.07 Å². The molecule has 0 bridgehead atoms. The average Bonchev–Trinajstić information content (AvgIpc) is 2.46. The zero-order chi connectivity index (χ0) is 16.0. The highest BCUT2D eigenvalue weighted by Crippen LogP contribution is 2.28. The molecule has 0 fully saturated rings. The van der Waals surface area contributed by atoms with Crippen molar-refractivity contribution in [3.05, 3.63) is 18.2 Å². The van der Waals surface area contributed by atoms with Gasteiger partial charge in [-0.3, -0.25) is 4.79 Å². The Kier molecular flexibility index (Phi) is 5.98. The third-order valence-corrected chi connectivity index (χ3v) is 4.21. The summed E-state index contributed by atoms with van der Waals surface area (Å²) in [6, 6.07) is 3.29. The molecule has 0 aromatic heterocycles. The van der Waals surface area contributed by atoms with Gasteiger partial charge in [-0.2, -0.15) is 4.72 Å². The van der Waals surface area contributed by atoms with Crippen LogP contribution >= 0.6 is 0 Å². The molecule has 0 saturated carbocycles. The number of hydrogen-bond donors (Lipinski definition) is 1. The first-order valence-electron chi connectivity index (χ1n) is 6.26. The first-order valence-corrected chi connectivity index (χ1v) is 7.75. The van der Waals surface area contributed by atoms with Crippen LogP contribution in [0.2, 0.25) is 0 Å². The zero-order valence-electron chi connectivity index (χ0n) is 12.4. The Labute approximate surface area is 124 Å². The van der Waals surface area contributed by atoms with Crippen LogP contribution in [0.15, 0.2) is 23.1 Å². The standard InChI is InChI=1S/C13H19NO6S/c1-5-20-13(15)9(2)14-21(16,17)12-7-6-10(18-3)8-11(12)19-4/h6-9,14H,5H2,1-4H3. The number of hydrogen-bond acceptors (Lipinski definition) is 6. The molecule has 1 unspecified atom stereocenters. The number of rotatable bonds is 7. The zero-order valence-corrected chi connectivity index (χ0v) is 13.2. The average molecular weight is 317 g/mol. The predicted octanol–water partition coefficient (Wildman–Crippen LogP) is 0.934. The lowest BCUT2D eigenvalue weighted by molar-refractivity contribution is -0.144. The van der Waals surface area contributed by atoms with Crippen molar-refractivity contribution in [2.75, 3.05) is 20.8 Å². The van der Waals surface area contributed by atoms with Crippen LogP contribution in [0.5, 0.6) is 11.5 Å². The summed E-state index contributed by atoms with van der Waals surface area (Å²) in [6.45, 7) is 3.23. The van der Waals surface area contributed by atoms with Crippen molar-refractivity contribution in [2.24, 2.45) is 0 Å². The van der Waals surface area contributed by atoms with Crippen LogP contribution in [0.25, 0.3) is 0 Å². The van der Waals surface area contributed by atoms with Crippen LogP contribution in [0.3, 0.4) is 0 Å². The van der Waals surface area contributed by atoms with Gasteiger partial charge in [0.05, 0.1) is 20.8 Å². The van der Waals surface area contributed by atoms with Gasteiger partial charge in [0.25, 0.3) is 0 Å². The first kappa shape index (κ1) is 17.3. The fourth-order valence-corrected chi connectivity index (χ4v) is 2.95. The van der Waals surface area contributed by atoms with Crippen molar-refractivity contribution in [1.82, 2.24) is 4.72 Å². The van der Waals surface area contributed by atoms with E-state index in [4.69, 9.17) is 14.2 Å². The molecule has 1 aromatic carbocycles. The van der Waals surface area contributed by atoms with E-state index in [0.29, 0.717) is 5.75 Å². The summed E-state index contributed by atoms with van der Waals surface area (Å²) in [4.78, 5) is 11.4. The van der Waals surface area contributed by atoms with Gasteiger partial charge >= 0.3 is 5.97 Å². The van der Waals surface area contributed by atoms with Gasteiger partial charge in [0.2, 0.25) is 10.0 Å². The molecule has 0 aliphatic carbocycles. The number of methoxy groups -OCH3 is 2. The minimum Gasteiger partial charge on any atom is -0.497 e. The summed E-state index contributed by atoms with van der Waals surface area (Å²) in [5.74, 6) is -0.0595. The molecule has 1 atom stereocenters. The molecule has 0 heterocycles. The van der Waals surface area contributed by atoms with Crippen molar-refractivity contribution in [3.8, 4) is 11.5 Å². The van der Waals surface area contributed by atoms with Gasteiger partial charge in [0.1, 0.15) is 22.4 Å². The summed E-state index contributed by atoms with van der Waals surface area (Å²) >= 11 is 0. The number of ether oxygens (including phenoxy) is 3. The Morgan fingerprint density at radius 2 is 1.95 bits per heavy atom. The van der Waals surface area contributed by atoms with E-state index in [-0.39, 0.29) is 17.3 Å². The summed E-state index contributed by atoms with van der Waals surface area (Å²) in [5, 5.41) is 0. The normalized spacial score (nSPS) is 12.6. The lowest BCUT2D eigenvalue weighted by atomic mass is 10.3. The highest BCUT2D eigenvalue weighted by molar-refractivity contribution is 7.89. The molecule has 0 aliphatic rings. The number of nitrogens with one attached hydrogen (secondary N) is 1. The van der Waals surface area contributed by atoms with E-state index in [2.05, 4.69) is 4.72 Å². The highest BCUT2D eigenvalue weighted by Gasteiger charge is 2.25. The van der Waals surface area contributed by atoms with E-state index < -0.39 is 22.0 Å². The lowest BCUT2D eigenvalue weighted by Crippen LogP contribution is -2.39. The molecule has 1 rings (SSSR count). The van der Waals surface area contributed by atoms with Crippen molar-refractivity contribution < 1.29 is 27.4 Å². The predicted molar refractivity (Wildman–Crippen MR) is 76.0 cm³/mol. The van der Waals surface area contributed by atoms with E-state index in [9.17, 15) is 13.2 Å². The molecule has 0 amide bonds. The number of esters is 1. The summed E-state index contributed by atoms with van der Waals surface area (Å²) in [7, 11) is -1.11. The number of carbonyl (C=O) groups is 1. The second kappa shape index (κ2) is 7.28.